The molecule has 9 heteroatoms. The van der Waals surface area contributed by atoms with Gasteiger partial charge in [0, 0.05) is 24.2 Å². The molecule has 1 saturated carbocycles. The number of ether oxygens (including phenoxy) is 3. The molecule has 32 heavy (non-hydrogen) atoms. The molecular weight excluding hydrogens is 414 g/mol. The van der Waals surface area contributed by atoms with Crippen molar-refractivity contribution >= 4 is 17.6 Å². The van der Waals surface area contributed by atoms with Crippen molar-refractivity contribution in [3.8, 4) is 11.5 Å². The predicted molar refractivity (Wildman–Crippen MR) is 118 cm³/mol. The smallest absolute Gasteiger partial charge is 0.319 e. The third kappa shape index (κ3) is 5.83. The average Bonchev–Trinajstić information content (AvgIpc) is 3.28. The SMILES string of the molecule is O=C(Nc1ccc2c(c1)OCO2)N[C@@H]1CC[C@@H](CCNC(=O)C2CCCCC2)O[C@H]1CO. The first-order valence-electron chi connectivity index (χ1n) is 11.6. The molecule has 0 spiro atoms. The Morgan fingerprint density at radius 3 is 2.66 bits per heavy atom. The Hall–Kier alpha value is -2.52. The zero-order chi connectivity index (χ0) is 22.3. The quantitative estimate of drug-likeness (QED) is 0.510. The maximum atomic E-state index is 12.4. The molecule has 3 atom stereocenters. The number of fused-ring (bicyclic) bond motifs is 1. The van der Waals surface area contributed by atoms with E-state index < -0.39 is 6.10 Å². The minimum Gasteiger partial charge on any atom is -0.454 e. The molecule has 4 N–H and O–H groups in total. The molecule has 4 rings (SSSR count). The van der Waals surface area contributed by atoms with Crippen molar-refractivity contribution in [3.05, 3.63) is 18.2 Å². The number of amides is 3. The van der Waals surface area contributed by atoms with Crippen molar-refractivity contribution in [2.75, 3.05) is 25.3 Å². The van der Waals surface area contributed by atoms with Gasteiger partial charge in [0.05, 0.1) is 18.8 Å². The Morgan fingerprint density at radius 1 is 1.03 bits per heavy atom. The molecule has 2 aliphatic heterocycles. The van der Waals surface area contributed by atoms with Crippen LogP contribution in [0.3, 0.4) is 0 Å². The zero-order valence-corrected chi connectivity index (χ0v) is 18.3. The minimum atomic E-state index is -0.481. The second kappa shape index (κ2) is 10.9. The van der Waals surface area contributed by atoms with Crippen molar-refractivity contribution in [1.82, 2.24) is 10.6 Å². The van der Waals surface area contributed by atoms with Crippen molar-refractivity contribution in [1.29, 1.82) is 0 Å². The van der Waals surface area contributed by atoms with E-state index in [0.29, 0.717) is 36.6 Å². The molecule has 2 fully saturated rings. The van der Waals surface area contributed by atoms with E-state index in [0.717, 1.165) is 32.1 Å². The van der Waals surface area contributed by atoms with Gasteiger partial charge in [-0.05, 0) is 44.2 Å². The van der Waals surface area contributed by atoms with Crippen LogP contribution in [0.4, 0.5) is 10.5 Å². The number of rotatable bonds is 7. The number of nitrogens with one attached hydrogen (secondary N) is 3. The van der Waals surface area contributed by atoms with Gasteiger partial charge in [0.15, 0.2) is 11.5 Å². The molecule has 0 radical (unpaired) electrons. The predicted octanol–water partition coefficient (Wildman–Crippen LogP) is 2.53. The molecule has 3 amide bonds. The number of aliphatic hydroxyl groups is 1. The summed E-state index contributed by atoms with van der Waals surface area (Å²) in [6, 6.07) is 4.54. The van der Waals surface area contributed by atoms with Crippen LogP contribution in [-0.2, 0) is 9.53 Å². The van der Waals surface area contributed by atoms with E-state index in [-0.39, 0.29) is 43.4 Å². The molecule has 1 aromatic rings. The van der Waals surface area contributed by atoms with E-state index >= 15 is 0 Å². The highest BCUT2D eigenvalue weighted by molar-refractivity contribution is 5.90. The zero-order valence-electron chi connectivity index (χ0n) is 18.3. The fraction of sp³-hybridized carbons (Fsp3) is 0.652. The maximum Gasteiger partial charge on any atom is 0.319 e. The number of aliphatic hydroxyl groups excluding tert-OH is 1. The van der Waals surface area contributed by atoms with Gasteiger partial charge >= 0.3 is 6.03 Å². The number of anilines is 1. The number of hydrogen-bond acceptors (Lipinski definition) is 6. The number of carbonyl (C=O) groups excluding carboxylic acids is 2. The van der Waals surface area contributed by atoms with Crippen LogP contribution in [0.2, 0.25) is 0 Å². The maximum absolute atomic E-state index is 12.4. The summed E-state index contributed by atoms with van der Waals surface area (Å²) in [5, 5.41) is 18.5. The van der Waals surface area contributed by atoms with Crippen LogP contribution in [0.25, 0.3) is 0 Å². The first-order valence-corrected chi connectivity index (χ1v) is 11.6. The van der Waals surface area contributed by atoms with Crippen molar-refractivity contribution in [3.63, 3.8) is 0 Å². The highest BCUT2D eigenvalue weighted by Crippen LogP contribution is 2.34. The summed E-state index contributed by atoms with van der Waals surface area (Å²) < 4.78 is 16.6. The second-order valence-electron chi connectivity index (χ2n) is 8.74. The summed E-state index contributed by atoms with van der Waals surface area (Å²) in [5.41, 5.74) is 0.593. The van der Waals surface area contributed by atoms with Gasteiger partial charge < -0.3 is 35.3 Å². The largest absolute Gasteiger partial charge is 0.454 e. The van der Waals surface area contributed by atoms with Crippen LogP contribution in [0, 0.1) is 5.92 Å². The Balaban J connectivity index is 1.19. The van der Waals surface area contributed by atoms with Crippen LogP contribution in [0.15, 0.2) is 18.2 Å². The number of hydrogen-bond donors (Lipinski definition) is 4. The molecule has 0 unspecified atom stereocenters. The van der Waals surface area contributed by atoms with Gasteiger partial charge in [0.2, 0.25) is 12.7 Å². The first kappa shape index (κ1) is 22.7. The summed E-state index contributed by atoms with van der Waals surface area (Å²) in [6.45, 7) is 0.564. The Labute approximate surface area is 188 Å². The lowest BCUT2D eigenvalue weighted by atomic mass is 9.88. The molecule has 3 aliphatic rings. The lowest BCUT2D eigenvalue weighted by molar-refractivity contribution is -0.126. The van der Waals surface area contributed by atoms with E-state index in [1.807, 2.05) is 0 Å². The second-order valence-corrected chi connectivity index (χ2v) is 8.74. The Kier molecular flexibility index (Phi) is 7.70. The van der Waals surface area contributed by atoms with Crippen molar-refractivity contribution in [2.45, 2.75) is 69.6 Å². The third-order valence-electron chi connectivity index (χ3n) is 6.48. The van der Waals surface area contributed by atoms with E-state index in [9.17, 15) is 14.7 Å². The number of benzene rings is 1. The third-order valence-corrected chi connectivity index (χ3v) is 6.48. The summed E-state index contributed by atoms with van der Waals surface area (Å²) in [6.07, 6.45) is 7.10. The van der Waals surface area contributed by atoms with Crippen LogP contribution in [0.1, 0.15) is 51.4 Å². The molecule has 0 aromatic heterocycles. The molecule has 1 aliphatic carbocycles. The molecule has 9 nitrogen and oxygen atoms in total. The van der Waals surface area contributed by atoms with Gasteiger partial charge in [0.1, 0.15) is 6.10 Å². The van der Waals surface area contributed by atoms with E-state index in [4.69, 9.17) is 14.2 Å². The van der Waals surface area contributed by atoms with E-state index in [1.54, 1.807) is 18.2 Å². The van der Waals surface area contributed by atoms with Gasteiger partial charge in [-0.15, -0.1) is 0 Å². The van der Waals surface area contributed by atoms with E-state index in [1.165, 1.54) is 6.42 Å². The van der Waals surface area contributed by atoms with Crippen LogP contribution in [0.5, 0.6) is 11.5 Å². The van der Waals surface area contributed by atoms with Gasteiger partial charge in [0.25, 0.3) is 0 Å². The first-order chi connectivity index (χ1) is 15.6. The lowest BCUT2D eigenvalue weighted by Gasteiger charge is -2.36. The summed E-state index contributed by atoms with van der Waals surface area (Å²) >= 11 is 0. The van der Waals surface area contributed by atoms with Gasteiger partial charge in [-0.1, -0.05) is 19.3 Å². The van der Waals surface area contributed by atoms with Gasteiger partial charge in [-0.3, -0.25) is 4.79 Å². The molecular formula is C23H33N3O6. The van der Waals surface area contributed by atoms with Gasteiger partial charge in [-0.25, -0.2) is 4.79 Å². The Morgan fingerprint density at radius 2 is 1.84 bits per heavy atom. The minimum absolute atomic E-state index is 0.0474. The highest BCUT2D eigenvalue weighted by Gasteiger charge is 2.32. The lowest BCUT2D eigenvalue weighted by Crippen LogP contribution is -2.52. The fourth-order valence-electron chi connectivity index (χ4n) is 4.68. The molecule has 0 bridgehead atoms. The Bertz CT molecular complexity index is 798. The monoisotopic (exact) mass is 447 g/mol. The van der Waals surface area contributed by atoms with Crippen molar-refractivity contribution in [2.24, 2.45) is 5.92 Å². The summed E-state index contributed by atoms with van der Waals surface area (Å²) in [4.78, 5) is 24.7. The van der Waals surface area contributed by atoms with Crippen LogP contribution < -0.4 is 25.4 Å². The molecule has 176 valence electrons. The summed E-state index contributed by atoms with van der Waals surface area (Å²) in [7, 11) is 0. The average molecular weight is 448 g/mol. The van der Waals surface area contributed by atoms with E-state index in [2.05, 4.69) is 16.0 Å². The highest BCUT2D eigenvalue weighted by atomic mass is 16.7. The molecule has 1 saturated heterocycles. The van der Waals surface area contributed by atoms with Gasteiger partial charge in [-0.2, -0.15) is 0 Å². The van der Waals surface area contributed by atoms with Crippen molar-refractivity contribution < 1.29 is 28.9 Å². The number of carbonyl (C=O) groups is 2. The fourth-order valence-corrected chi connectivity index (χ4v) is 4.68. The molecule has 1 aromatic carbocycles. The topological polar surface area (TPSA) is 118 Å². The normalized spacial score (nSPS) is 25.2. The molecule has 2 heterocycles. The van der Waals surface area contributed by atoms with Crippen LogP contribution in [-0.4, -0.2) is 55.2 Å². The number of urea groups is 1. The van der Waals surface area contributed by atoms with Crippen LogP contribution >= 0.6 is 0 Å². The summed E-state index contributed by atoms with van der Waals surface area (Å²) in [5.74, 6) is 1.55. The standard InChI is InChI=1S/C23H33N3O6/c27-13-21-18(26-23(29)25-16-6-9-19-20(12-16)31-14-30-19)8-7-17(32-21)10-11-24-22(28)15-4-2-1-3-5-15/h6,9,12,15,17-18,21,27H,1-5,7-8,10-11,13-14H2,(H,24,28)(H2,25,26,29)/t17-,18+,21-/m0/s1.